The van der Waals surface area contributed by atoms with Crippen LogP contribution in [-0.2, 0) is 29.2 Å². The lowest BCUT2D eigenvalue weighted by Crippen LogP contribution is -2.63. The number of carbonyl (C=O) groups excluding carboxylic acids is 4. The van der Waals surface area contributed by atoms with E-state index in [-0.39, 0.29) is 32.4 Å². The van der Waals surface area contributed by atoms with Crippen LogP contribution in [0.25, 0.3) is 0 Å². The molecule has 3 fully saturated rings. The Kier molecular flexibility index (Phi) is 3.15. The van der Waals surface area contributed by atoms with Gasteiger partial charge in [0.2, 0.25) is 33.7 Å². The van der Waals surface area contributed by atoms with Gasteiger partial charge in [-0.05, 0) is 6.42 Å². The molecule has 0 radical (unpaired) electrons. The molecule has 10 heteroatoms. The highest BCUT2D eigenvalue weighted by Gasteiger charge is 2.62. The van der Waals surface area contributed by atoms with E-state index in [0.29, 0.717) is 0 Å². The third kappa shape index (κ3) is 2.13. The molecule has 0 saturated carbocycles. The van der Waals surface area contributed by atoms with Gasteiger partial charge in [-0.25, -0.2) is 8.42 Å². The molecule has 1 atom stereocenters. The highest BCUT2D eigenvalue weighted by Crippen LogP contribution is 2.43. The van der Waals surface area contributed by atoms with E-state index < -0.39 is 45.1 Å². The second-order valence-electron chi connectivity index (χ2n) is 6.02. The number of hydrogen-bond acceptors (Lipinski definition) is 6. The van der Waals surface area contributed by atoms with E-state index in [1.54, 1.807) is 0 Å². The predicted molar refractivity (Wildman–Crippen MR) is 71.5 cm³/mol. The Labute approximate surface area is 126 Å². The Morgan fingerprint density at radius 1 is 1.18 bits per heavy atom. The zero-order chi connectivity index (χ0) is 16.3. The minimum atomic E-state index is -3.40. The number of sulfonamides is 1. The second-order valence-corrected chi connectivity index (χ2v) is 8.01. The lowest BCUT2D eigenvalue weighted by molar-refractivity contribution is -0.154. The number of nitrogens with one attached hydrogen (secondary N) is 1. The highest BCUT2D eigenvalue weighted by atomic mass is 32.2. The number of imide groups is 2. The van der Waals surface area contributed by atoms with Gasteiger partial charge in [0.15, 0.2) is 0 Å². The van der Waals surface area contributed by atoms with Gasteiger partial charge >= 0.3 is 0 Å². The van der Waals surface area contributed by atoms with Crippen LogP contribution in [0.5, 0.6) is 0 Å². The fraction of sp³-hybridized carbons (Fsp3) is 0.667. The normalized spacial score (nSPS) is 29.0. The van der Waals surface area contributed by atoms with Gasteiger partial charge in [-0.1, -0.05) is 0 Å². The van der Waals surface area contributed by atoms with Crippen LogP contribution >= 0.6 is 0 Å². The van der Waals surface area contributed by atoms with Crippen LogP contribution in [0.3, 0.4) is 0 Å². The highest BCUT2D eigenvalue weighted by molar-refractivity contribution is 7.88. The molecule has 0 bridgehead atoms. The molecule has 3 rings (SSSR count). The monoisotopic (exact) mass is 329 g/mol. The standard InChI is InChI=1S/C12H15N3O6S/c1-22(20,21)14-5-12(6-14)4-9(17)15(11(12)19)7-2-3-8(16)13-10(7)18/h7H,2-6H2,1H3,(H,13,16,18). The molecule has 1 unspecified atom stereocenters. The van der Waals surface area contributed by atoms with E-state index in [9.17, 15) is 27.6 Å². The molecular weight excluding hydrogens is 314 g/mol. The summed E-state index contributed by atoms with van der Waals surface area (Å²) in [6, 6.07) is -0.982. The summed E-state index contributed by atoms with van der Waals surface area (Å²) in [5.41, 5.74) is -1.05. The van der Waals surface area contributed by atoms with Crippen molar-refractivity contribution in [3.63, 3.8) is 0 Å². The van der Waals surface area contributed by atoms with Gasteiger partial charge in [0, 0.05) is 25.9 Å². The molecule has 1 spiro atoms. The van der Waals surface area contributed by atoms with Crippen LogP contribution in [0.15, 0.2) is 0 Å². The maximum absolute atomic E-state index is 12.5. The van der Waals surface area contributed by atoms with Crippen LogP contribution in [0, 0.1) is 5.41 Å². The molecule has 4 amide bonds. The first kappa shape index (κ1) is 15.1. The van der Waals surface area contributed by atoms with E-state index in [1.807, 2.05) is 0 Å². The van der Waals surface area contributed by atoms with E-state index in [0.717, 1.165) is 15.5 Å². The van der Waals surface area contributed by atoms with Crippen molar-refractivity contribution in [3.05, 3.63) is 0 Å². The molecule has 22 heavy (non-hydrogen) atoms. The third-order valence-electron chi connectivity index (χ3n) is 4.38. The first-order valence-corrected chi connectivity index (χ1v) is 8.64. The van der Waals surface area contributed by atoms with Crippen molar-refractivity contribution in [2.24, 2.45) is 5.41 Å². The van der Waals surface area contributed by atoms with Gasteiger partial charge in [-0.15, -0.1) is 0 Å². The Morgan fingerprint density at radius 2 is 1.82 bits per heavy atom. The summed E-state index contributed by atoms with van der Waals surface area (Å²) in [7, 11) is -3.40. The molecule has 0 aromatic rings. The maximum atomic E-state index is 12.5. The van der Waals surface area contributed by atoms with Crippen molar-refractivity contribution >= 4 is 33.7 Å². The van der Waals surface area contributed by atoms with Crippen molar-refractivity contribution in [1.82, 2.24) is 14.5 Å². The summed E-state index contributed by atoms with van der Waals surface area (Å²) >= 11 is 0. The summed E-state index contributed by atoms with van der Waals surface area (Å²) in [5.74, 6) is -2.10. The second kappa shape index (κ2) is 4.59. The summed E-state index contributed by atoms with van der Waals surface area (Å²) in [4.78, 5) is 48.6. The Morgan fingerprint density at radius 3 is 2.36 bits per heavy atom. The lowest BCUT2D eigenvalue weighted by atomic mass is 9.80. The SMILES string of the molecule is CS(=O)(=O)N1CC2(CC(=O)N(C3CCC(=O)NC3=O)C2=O)C1. The van der Waals surface area contributed by atoms with Gasteiger partial charge in [0.05, 0.1) is 11.7 Å². The number of likely N-dealkylation sites (tertiary alicyclic amines) is 1. The van der Waals surface area contributed by atoms with Crippen molar-refractivity contribution in [1.29, 1.82) is 0 Å². The Hall–Kier alpha value is -1.81. The molecular formula is C12H15N3O6S. The quantitative estimate of drug-likeness (QED) is 0.575. The number of hydrogen-bond donors (Lipinski definition) is 1. The van der Waals surface area contributed by atoms with Gasteiger partial charge in [0.1, 0.15) is 6.04 Å². The van der Waals surface area contributed by atoms with Crippen LogP contribution in [0.2, 0.25) is 0 Å². The molecule has 0 aromatic carbocycles. The maximum Gasteiger partial charge on any atom is 0.249 e. The fourth-order valence-corrected chi connectivity index (χ4v) is 4.14. The first-order chi connectivity index (χ1) is 10.1. The molecule has 1 N–H and O–H groups in total. The third-order valence-corrected chi connectivity index (χ3v) is 5.58. The van der Waals surface area contributed by atoms with Crippen molar-refractivity contribution in [3.8, 4) is 0 Å². The summed E-state index contributed by atoms with van der Waals surface area (Å²) in [6.07, 6.45) is 1.11. The van der Waals surface area contributed by atoms with Crippen molar-refractivity contribution in [2.75, 3.05) is 19.3 Å². The molecule has 0 aromatic heterocycles. The number of carbonyl (C=O) groups is 4. The molecule has 3 heterocycles. The number of rotatable bonds is 2. The van der Waals surface area contributed by atoms with Crippen molar-refractivity contribution < 1.29 is 27.6 Å². The van der Waals surface area contributed by atoms with Crippen molar-refractivity contribution in [2.45, 2.75) is 25.3 Å². The molecule has 0 aliphatic carbocycles. The predicted octanol–water partition coefficient (Wildman–Crippen LogP) is -2.19. The topological polar surface area (TPSA) is 121 Å². The zero-order valence-electron chi connectivity index (χ0n) is 11.9. The fourth-order valence-electron chi connectivity index (χ4n) is 3.17. The van der Waals surface area contributed by atoms with E-state index >= 15 is 0 Å². The average Bonchev–Trinajstić information content (AvgIpc) is 2.59. The van der Waals surface area contributed by atoms with Gasteiger partial charge in [-0.3, -0.25) is 29.4 Å². The van der Waals surface area contributed by atoms with E-state index in [4.69, 9.17) is 0 Å². The summed E-state index contributed by atoms with van der Waals surface area (Å²) in [5, 5.41) is 2.11. The average molecular weight is 329 g/mol. The molecule has 3 saturated heterocycles. The molecule has 3 aliphatic rings. The smallest absolute Gasteiger partial charge is 0.249 e. The minimum Gasteiger partial charge on any atom is -0.295 e. The summed E-state index contributed by atoms with van der Waals surface area (Å²) < 4.78 is 24.0. The Balaban J connectivity index is 1.79. The Bertz CT molecular complexity index is 694. The van der Waals surface area contributed by atoms with E-state index in [1.165, 1.54) is 0 Å². The van der Waals surface area contributed by atoms with Crippen LogP contribution in [0.1, 0.15) is 19.3 Å². The molecule has 120 valence electrons. The number of nitrogens with zero attached hydrogens (tertiary/aromatic N) is 2. The van der Waals surface area contributed by atoms with Gasteiger partial charge < -0.3 is 0 Å². The van der Waals surface area contributed by atoms with Crippen LogP contribution < -0.4 is 5.32 Å². The zero-order valence-corrected chi connectivity index (χ0v) is 12.7. The van der Waals surface area contributed by atoms with Gasteiger partial charge in [-0.2, -0.15) is 4.31 Å². The van der Waals surface area contributed by atoms with Crippen LogP contribution in [0.4, 0.5) is 0 Å². The van der Waals surface area contributed by atoms with Gasteiger partial charge in [0.25, 0.3) is 0 Å². The van der Waals surface area contributed by atoms with Crippen LogP contribution in [-0.4, -0.2) is 66.6 Å². The summed E-state index contributed by atoms with van der Waals surface area (Å²) in [6.45, 7) is -0.0830. The number of piperidine rings is 1. The number of amides is 4. The van der Waals surface area contributed by atoms with E-state index in [2.05, 4.69) is 5.32 Å². The lowest BCUT2D eigenvalue weighted by Gasteiger charge is -2.44. The largest absolute Gasteiger partial charge is 0.295 e. The first-order valence-electron chi connectivity index (χ1n) is 6.79. The molecule has 3 aliphatic heterocycles. The minimum absolute atomic E-state index is 0.0415. The molecule has 9 nitrogen and oxygen atoms in total.